The molecule has 8 nitrogen and oxygen atoms in total. The number of hydrogen-bond acceptors (Lipinski definition) is 5. The number of nitrogens with zero attached hydrogens (tertiary/aromatic N) is 3. The highest BCUT2D eigenvalue weighted by atomic mass is 16.5. The topological polar surface area (TPSA) is 109 Å². The summed E-state index contributed by atoms with van der Waals surface area (Å²) >= 11 is 0. The molecule has 0 radical (unpaired) electrons. The maximum atomic E-state index is 12.1. The molecular weight excluding hydrogens is 296 g/mol. The van der Waals surface area contributed by atoms with Gasteiger partial charge in [-0.3, -0.25) is 5.10 Å². The van der Waals surface area contributed by atoms with Gasteiger partial charge >= 0.3 is 6.03 Å². The van der Waals surface area contributed by atoms with Crippen molar-refractivity contribution in [1.82, 2.24) is 25.4 Å². The lowest BCUT2D eigenvalue weighted by atomic mass is 10.1. The van der Waals surface area contributed by atoms with E-state index in [2.05, 4.69) is 26.6 Å². The van der Waals surface area contributed by atoms with E-state index in [0.717, 1.165) is 12.2 Å². The van der Waals surface area contributed by atoms with Gasteiger partial charge in [-0.25, -0.2) is 4.79 Å². The van der Waals surface area contributed by atoms with Crippen molar-refractivity contribution in [2.45, 2.75) is 18.9 Å². The number of aromatic nitrogens is 3. The number of carbonyl (C=O) groups is 1. The number of urea groups is 1. The summed E-state index contributed by atoms with van der Waals surface area (Å²) in [7, 11) is 1.76. The summed E-state index contributed by atoms with van der Waals surface area (Å²) in [5, 5.41) is 9.28. The SMILES string of the molecule is CN(C[C@H]1Cc2ccccc2O1)C(=O)NCCc1nc(N)n[nH]1. The number of anilines is 1. The number of amides is 2. The molecule has 122 valence electrons. The number of ether oxygens (including phenoxy) is 1. The average Bonchev–Trinajstić information content (AvgIpc) is 3.12. The second kappa shape index (κ2) is 6.55. The first-order chi connectivity index (χ1) is 11.1. The number of para-hydroxylation sites is 1. The number of hydrogen-bond donors (Lipinski definition) is 3. The van der Waals surface area contributed by atoms with Gasteiger partial charge in [-0.2, -0.15) is 4.98 Å². The van der Waals surface area contributed by atoms with Crippen LogP contribution in [0.5, 0.6) is 5.75 Å². The van der Waals surface area contributed by atoms with Crippen LogP contribution in [0.4, 0.5) is 10.7 Å². The summed E-state index contributed by atoms with van der Waals surface area (Å²) in [6.07, 6.45) is 1.37. The highest BCUT2D eigenvalue weighted by molar-refractivity contribution is 5.73. The van der Waals surface area contributed by atoms with Crippen LogP contribution in [-0.4, -0.2) is 52.4 Å². The van der Waals surface area contributed by atoms with Crippen molar-refractivity contribution in [1.29, 1.82) is 0 Å². The quantitative estimate of drug-likeness (QED) is 0.747. The first-order valence-electron chi connectivity index (χ1n) is 7.52. The molecule has 3 rings (SSSR count). The number of rotatable bonds is 5. The van der Waals surface area contributed by atoms with E-state index in [1.54, 1.807) is 11.9 Å². The number of benzene rings is 1. The van der Waals surface area contributed by atoms with Crippen molar-refractivity contribution in [2.75, 3.05) is 25.9 Å². The van der Waals surface area contributed by atoms with Crippen molar-refractivity contribution < 1.29 is 9.53 Å². The Morgan fingerprint density at radius 2 is 2.35 bits per heavy atom. The third-order valence-corrected chi connectivity index (χ3v) is 3.73. The van der Waals surface area contributed by atoms with E-state index >= 15 is 0 Å². The fourth-order valence-electron chi connectivity index (χ4n) is 2.59. The molecule has 2 amide bonds. The summed E-state index contributed by atoms with van der Waals surface area (Å²) in [6.45, 7) is 0.999. The number of H-pyrrole nitrogens is 1. The van der Waals surface area contributed by atoms with Gasteiger partial charge in [0.25, 0.3) is 0 Å². The zero-order valence-corrected chi connectivity index (χ0v) is 13.0. The van der Waals surface area contributed by atoms with Crippen LogP contribution in [-0.2, 0) is 12.8 Å². The van der Waals surface area contributed by atoms with Crippen LogP contribution in [0.1, 0.15) is 11.4 Å². The number of nitrogens with one attached hydrogen (secondary N) is 2. The first-order valence-corrected chi connectivity index (χ1v) is 7.52. The molecule has 2 heterocycles. The molecule has 0 aliphatic carbocycles. The van der Waals surface area contributed by atoms with Crippen LogP contribution >= 0.6 is 0 Å². The molecule has 0 saturated carbocycles. The van der Waals surface area contributed by atoms with Crippen molar-refractivity contribution >= 4 is 12.0 Å². The van der Waals surface area contributed by atoms with Gasteiger partial charge in [-0.15, -0.1) is 5.10 Å². The lowest BCUT2D eigenvalue weighted by molar-refractivity contribution is 0.164. The van der Waals surface area contributed by atoms with Gasteiger partial charge < -0.3 is 20.7 Å². The molecule has 0 fully saturated rings. The average molecular weight is 316 g/mol. The molecule has 1 aromatic heterocycles. The lowest BCUT2D eigenvalue weighted by Crippen LogP contribution is -2.43. The van der Waals surface area contributed by atoms with Gasteiger partial charge in [0.15, 0.2) is 0 Å². The summed E-state index contributed by atoms with van der Waals surface area (Å²) in [4.78, 5) is 17.7. The smallest absolute Gasteiger partial charge is 0.317 e. The molecule has 2 aromatic rings. The van der Waals surface area contributed by atoms with E-state index in [-0.39, 0.29) is 18.1 Å². The molecule has 0 unspecified atom stereocenters. The largest absolute Gasteiger partial charge is 0.488 e. The molecule has 0 spiro atoms. The fraction of sp³-hybridized carbons (Fsp3) is 0.400. The number of aromatic amines is 1. The summed E-state index contributed by atoms with van der Waals surface area (Å²) in [6, 6.07) is 7.82. The Morgan fingerprint density at radius 3 is 3.09 bits per heavy atom. The molecule has 0 bridgehead atoms. The van der Waals surface area contributed by atoms with E-state index in [0.29, 0.717) is 25.3 Å². The van der Waals surface area contributed by atoms with E-state index < -0.39 is 0 Å². The van der Waals surface area contributed by atoms with E-state index in [1.165, 1.54) is 5.56 Å². The van der Waals surface area contributed by atoms with E-state index in [9.17, 15) is 4.79 Å². The molecule has 8 heteroatoms. The summed E-state index contributed by atoms with van der Waals surface area (Å²) in [5.41, 5.74) is 6.61. The molecule has 1 atom stereocenters. The summed E-state index contributed by atoms with van der Waals surface area (Å²) in [5.74, 6) is 1.77. The van der Waals surface area contributed by atoms with Crippen LogP contribution in [0.2, 0.25) is 0 Å². The Labute approximate surface area is 134 Å². The predicted octanol–water partition coefficient (Wildman–Crippen LogP) is 0.575. The standard InChI is InChI=1S/C15H20N6O2/c1-21(9-11-8-10-4-2-3-5-12(10)23-11)15(22)17-7-6-13-18-14(16)20-19-13/h2-5,11H,6-9H2,1H3,(H,17,22)(H3,16,18,19,20)/t11-/m1/s1. The Hall–Kier alpha value is -2.77. The molecule has 1 aromatic carbocycles. The minimum atomic E-state index is -0.142. The Morgan fingerprint density at radius 1 is 1.52 bits per heavy atom. The van der Waals surface area contributed by atoms with Crippen molar-refractivity contribution in [3.8, 4) is 5.75 Å². The molecule has 4 N–H and O–H groups in total. The fourth-order valence-corrected chi connectivity index (χ4v) is 2.59. The van der Waals surface area contributed by atoms with Crippen LogP contribution in [0, 0.1) is 0 Å². The molecule has 1 aliphatic rings. The Kier molecular flexibility index (Phi) is 4.31. The third kappa shape index (κ3) is 3.71. The van der Waals surface area contributed by atoms with Crippen LogP contribution in [0.3, 0.4) is 0 Å². The van der Waals surface area contributed by atoms with Crippen LogP contribution in [0.25, 0.3) is 0 Å². The van der Waals surface area contributed by atoms with Gasteiger partial charge in [0.1, 0.15) is 17.7 Å². The van der Waals surface area contributed by atoms with Crippen molar-refractivity contribution in [3.63, 3.8) is 0 Å². The molecular formula is C15H20N6O2. The highest BCUT2D eigenvalue weighted by Crippen LogP contribution is 2.28. The minimum Gasteiger partial charge on any atom is -0.488 e. The van der Waals surface area contributed by atoms with Crippen LogP contribution in [0.15, 0.2) is 24.3 Å². The Balaban J connectivity index is 1.42. The maximum absolute atomic E-state index is 12.1. The molecule has 23 heavy (non-hydrogen) atoms. The normalized spacial score (nSPS) is 15.8. The number of fused-ring (bicyclic) bond motifs is 1. The highest BCUT2D eigenvalue weighted by Gasteiger charge is 2.24. The minimum absolute atomic E-state index is 0.00257. The second-order valence-corrected chi connectivity index (χ2v) is 5.55. The molecule has 0 saturated heterocycles. The third-order valence-electron chi connectivity index (χ3n) is 3.73. The monoisotopic (exact) mass is 316 g/mol. The summed E-state index contributed by atoms with van der Waals surface area (Å²) < 4.78 is 5.85. The lowest BCUT2D eigenvalue weighted by Gasteiger charge is -2.21. The Bertz CT molecular complexity index is 661. The first kappa shape index (κ1) is 15.1. The molecule has 1 aliphatic heterocycles. The van der Waals surface area contributed by atoms with Gasteiger partial charge in [0.2, 0.25) is 5.95 Å². The number of nitrogens with two attached hydrogens (primary N) is 1. The maximum Gasteiger partial charge on any atom is 0.317 e. The van der Waals surface area contributed by atoms with Crippen molar-refractivity contribution in [3.05, 3.63) is 35.7 Å². The van der Waals surface area contributed by atoms with E-state index in [4.69, 9.17) is 10.5 Å². The van der Waals surface area contributed by atoms with Gasteiger partial charge in [0.05, 0.1) is 6.54 Å². The van der Waals surface area contributed by atoms with Crippen LogP contribution < -0.4 is 15.8 Å². The number of carbonyl (C=O) groups excluding carboxylic acids is 1. The van der Waals surface area contributed by atoms with Gasteiger partial charge in [-0.1, -0.05) is 18.2 Å². The van der Waals surface area contributed by atoms with E-state index in [1.807, 2.05) is 18.2 Å². The number of likely N-dealkylation sites (N-methyl/N-ethyl adjacent to an activating group) is 1. The number of nitrogen functional groups attached to an aromatic ring is 1. The second-order valence-electron chi connectivity index (χ2n) is 5.55. The van der Waals surface area contributed by atoms with Gasteiger partial charge in [0, 0.05) is 26.4 Å². The van der Waals surface area contributed by atoms with Crippen molar-refractivity contribution in [2.24, 2.45) is 0 Å². The predicted molar refractivity (Wildman–Crippen MR) is 85.1 cm³/mol. The van der Waals surface area contributed by atoms with Gasteiger partial charge in [-0.05, 0) is 11.6 Å². The zero-order chi connectivity index (χ0) is 16.2. The zero-order valence-electron chi connectivity index (χ0n) is 13.0.